The Morgan fingerprint density at radius 1 is 0.909 bits per heavy atom. The van der Waals surface area contributed by atoms with Crippen LogP contribution in [-0.4, -0.2) is 25.2 Å². The van der Waals surface area contributed by atoms with Gasteiger partial charge in [0.1, 0.15) is 12.4 Å². The van der Waals surface area contributed by atoms with Gasteiger partial charge >= 0.3 is 11.9 Å². The van der Waals surface area contributed by atoms with Crippen LogP contribution >= 0.6 is 0 Å². The molecule has 1 aliphatic rings. The second-order valence-corrected chi connectivity index (χ2v) is 9.75. The van der Waals surface area contributed by atoms with Crippen molar-refractivity contribution in [2.24, 2.45) is 10.8 Å². The van der Waals surface area contributed by atoms with Gasteiger partial charge in [0.05, 0.1) is 23.5 Å². The summed E-state index contributed by atoms with van der Waals surface area (Å²) < 4.78 is 16.9. The van der Waals surface area contributed by atoms with Gasteiger partial charge in [-0.1, -0.05) is 55.8 Å². The van der Waals surface area contributed by atoms with E-state index in [4.69, 9.17) is 14.2 Å². The molecule has 0 bridgehead atoms. The normalized spacial score (nSPS) is 16.8. The first-order valence-electron chi connectivity index (χ1n) is 11.9. The monoisotopic (exact) mass is 452 g/mol. The number of rotatable bonds is 12. The molecule has 5 heteroatoms. The maximum Gasteiger partial charge on any atom is 0.317 e. The van der Waals surface area contributed by atoms with Crippen LogP contribution in [0.1, 0.15) is 70.6 Å². The van der Waals surface area contributed by atoms with Crippen LogP contribution in [-0.2, 0) is 25.5 Å². The minimum atomic E-state index is -0.624. The van der Waals surface area contributed by atoms with Crippen molar-refractivity contribution in [1.82, 2.24) is 0 Å². The molecule has 0 fully saturated rings. The quantitative estimate of drug-likeness (QED) is 0.222. The number of ether oxygens (including phenoxy) is 3. The molecule has 2 aromatic rings. The van der Waals surface area contributed by atoms with Crippen molar-refractivity contribution in [3.63, 3.8) is 0 Å². The average Bonchev–Trinajstić information content (AvgIpc) is 2.79. The van der Waals surface area contributed by atoms with Crippen molar-refractivity contribution in [2.45, 2.75) is 65.9 Å². The van der Waals surface area contributed by atoms with Crippen molar-refractivity contribution in [3.05, 3.63) is 65.7 Å². The van der Waals surface area contributed by atoms with Crippen LogP contribution < -0.4 is 4.74 Å². The molecule has 0 aromatic heterocycles. The summed E-state index contributed by atoms with van der Waals surface area (Å²) in [4.78, 5) is 25.4. The van der Waals surface area contributed by atoms with Crippen LogP contribution in [0.25, 0.3) is 0 Å². The maximum atomic E-state index is 12.8. The van der Waals surface area contributed by atoms with Crippen molar-refractivity contribution in [3.8, 4) is 5.75 Å². The Labute approximate surface area is 197 Å². The van der Waals surface area contributed by atoms with Gasteiger partial charge in [0.2, 0.25) is 0 Å². The van der Waals surface area contributed by atoms with Gasteiger partial charge in [-0.15, -0.1) is 0 Å². The Balaban J connectivity index is 1.38. The third kappa shape index (κ3) is 6.44. The standard InChI is InChI=1S/C28H36O5/c1-5-28(4,26(30)33-22-13-7-6-8-14-22)17-11-16-27(2,3)25(29)32-19-18-31-24-20-21-12-9-10-15-23(21)24/h6-10,12-15,24H,5,11,16-20H2,1-4H3. The highest BCUT2D eigenvalue weighted by molar-refractivity contribution is 5.78. The summed E-state index contributed by atoms with van der Waals surface area (Å²) in [6, 6.07) is 17.4. The van der Waals surface area contributed by atoms with Gasteiger partial charge in [0.15, 0.2) is 0 Å². The van der Waals surface area contributed by atoms with E-state index in [1.807, 2.05) is 58.0 Å². The lowest BCUT2D eigenvalue weighted by molar-refractivity contribution is -0.156. The number of hydrogen-bond acceptors (Lipinski definition) is 5. The third-order valence-corrected chi connectivity index (χ3v) is 6.75. The lowest BCUT2D eigenvalue weighted by Gasteiger charge is -2.30. The van der Waals surface area contributed by atoms with Gasteiger partial charge in [-0.3, -0.25) is 9.59 Å². The van der Waals surface area contributed by atoms with E-state index in [2.05, 4.69) is 12.1 Å². The lowest BCUT2D eigenvalue weighted by Crippen LogP contribution is -2.33. The summed E-state index contributed by atoms with van der Waals surface area (Å²) in [6.07, 6.45) is 3.71. The van der Waals surface area contributed by atoms with Gasteiger partial charge in [0, 0.05) is 6.42 Å². The molecule has 2 aromatic carbocycles. The highest BCUT2D eigenvalue weighted by Crippen LogP contribution is 2.36. The molecule has 5 nitrogen and oxygen atoms in total. The SMILES string of the molecule is CCC(C)(CCCC(C)(C)C(=O)OCCOC1Cc2ccccc21)C(=O)Oc1ccccc1. The Morgan fingerprint density at radius 3 is 2.30 bits per heavy atom. The van der Waals surface area contributed by atoms with Crippen molar-refractivity contribution < 1.29 is 23.8 Å². The Bertz CT molecular complexity index is 936. The zero-order chi connectivity index (χ0) is 23.9. The van der Waals surface area contributed by atoms with E-state index < -0.39 is 10.8 Å². The van der Waals surface area contributed by atoms with E-state index in [-0.39, 0.29) is 24.6 Å². The molecule has 0 radical (unpaired) electrons. The average molecular weight is 453 g/mol. The van der Waals surface area contributed by atoms with Crippen molar-refractivity contribution in [2.75, 3.05) is 13.2 Å². The fourth-order valence-corrected chi connectivity index (χ4v) is 4.05. The van der Waals surface area contributed by atoms with Crippen LogP contribution in [0.3, 0.4) is 0 Å². The zero-order valence-electron chi connectivity index (χ0n) is 20.3. The predicted octanol–water partition coefficient (Wildman–Crippen LogP) is 6.06. The molecule has 178 valence electrons. The van der Waals surface area contributed by atoms with Gasteiger partial charge in [-0.2, -0.15) is 0 Å². The van der Waals surface area contributed by atoms with Gasteiger partial charge in [0.25, 0.3) is 0 Å². The number of benzene rings is 2. The molecule has 2 unspecified atom stereocenters. The van der Waals surface area contributed by atoms with E-state index in [1.165, 1.54) is 11.1 Å². The molecular weight excluding hydrogens is 416 g/mol. The second kappa shape index (κ2) is 11.0. The fourth-order valence-electron chi connectivity index (χ4n) is 4.05. The Morgan fingerprint density at radius 2 is 1.61 bits per heavy atom. The van der Waals surface area contributed by atoms with Gasteiger partial charge in [-0.05, 0) is 63.3 Å². The van der Waals surface area contributed by atoms with Gasteiger partial charge in [-0.25, -0.2) is 0 Å². The van der Waals surface area contributed by atoms with E-state index >= 15 is 0 Å². The first kappa shape index (κ1) is 25.0. The van der Waals surface area contributed by atoms with E-state index in [9.17, 15) is 9.59 Å². The van der Waals surface area contributed by atoms with Crippen LogP contribution in [0.2, 0.25) is 0 Å². The number of esters is 2. The van der Waals surface area contributed by atoms with Crippen LogP contribution in [0.4, 0.5) is 0 Å². The molecule has 0 amide bonds. The number of carbonyl (C=O) groups excluding carboxylic acids is 2. The summed E-state index contributed by atoms with van der Waals surface area (Å²) in [5, 5.41) is 0. The molecule has 1 aliphatic carbocycles. The zero-order valence-corrected chi connectivity index (χ0v) is 20.3. The molecule has 33 heavy (non-hydrogen) atoms. The molecule has 0 heterocycles. The topological polar surface area (TPSA) is 61.8 Å². The fraction of sp³-hybridized carbons (Fsp3) is 0.500. The maximum absolute atomic E-state index is 12.8. The largest absolute Gasteiger partial charge is 0.463 e. The number of para-hydroxylation sites is 1. The molecule has 0 saturated heterocycles. The smallest absolute Gasteiger partial charge is 0.317 e. The first-order chi connectivity index (χ1) is 15.7. The van der Waals surface area contributed by atoms with E-state index in [0.29, 0.717) is 31.6 Å². The second-order valence-electron chi connectivity index (χ2n) is 9.75. The molecule has 3 rings (SSSR count). The van der Waals surface area contributed by atoms with E-state index in [1.54, 1.807) is 12.1 Å². The highest BCUT2D eigenvalue weighted by Gasteiger charge is 2.35. The summed E-state index contributed by atoms with van der Waals surface area (Å²) >= 11 is 0. The molecule has 0 N–H and O–H groups in total. The molecular formula is C28H36O5. The van der Waals surface area contributed by atoms with Crippen LogP contribution in [0, 0.1) is 10.8 Å². The minimum absolute atomic E-state index is 0.107. The highest BCUT2D eigenvalue weighted by atomic mass is 16.6. The Hall–Kier alpha value is -2.66. The first-order valence-corrected chi connectivity index (χ1v) is 11.9. The molecule has 0 aliphatic heterocycles. The van der Waals surface area contributed by atoms with Crippen LogP contribution in [0.15, 0.2) is 54.6 Å². The van der Waals surface area contributed by atoms with Gasteiger partial charge < -0.3 is 14.2 Å². The Kier molecular flexibility index (Phi) is 8.30. The van der Waals surface area contributed by atoms with Crippen molar-refractivity contribution in [1.29, 1.82) is 0 Å². The predicted molar refractivity (Wildman–Crippen MR) is 128 cm³/mol. The summed E-state index contributed by atoms with van der Waals surface area (Å²) in [5.74, 6) is 0.0927. The summed E-state index contributed by atoms with van der Waals surface area (Å²) in [6.45, 7) is 8.34. The third-order valence-electron chi connectivity index (χ3n) is 6.75. The molecule has 0 saturated carbocycles. The molecule has 2 atom stereocenters. The molecule has 0 spiro atoms. The number of carbonyl (C=O) groups is 2. The number of hydrogen-bond donors (Lipinski definition) is 0. The summed E-state index contributed by atoms with van der Waals surface area (Å²) in [5.41, 5.74) is 1.34. The van der Waals surface area contributed by atoms with Crippen LogP contribution in [0.5, 0.6) is 5.75 Å². The lowest BCUT2D eigenvalue weighted by atomic mass is 9.79. The van der Waals surface area contributed by atoms with Crippen molar-refractivity contribution >= 4 is 11.9 Å². The minimum Gasteiger partial charge on any atom is -0.463 e. The number of fused-ring (bicyclic) bond motifs is 1. The van der Waals surface area contributed by atoms with E-state index in [0.717, 1.165) is 12.8 Å². The summed E-state index contributed by atoms with van der Waals surface area (Å²) in [7, 11) is 0.